The van der Waals surface area contributed by atoms with Crippen LogP contribution in [0.2, 0.25) is 10.0 Å². The Morgan fingerprint density at radius 1 is 1.11 bits per heavy atom. The van der Waals surface area contributed by atoms with Crippen molar-refractivity contribution in [3.05, 3.63) is 68.1 Å². The van der Waals surface area contributed by atoms with Gasteiger partial charge < -0.3 is 10.2 Å². The average Bonchev–Trinajstić information content (AvgIpc) is 2.62. The van der Waals surface area contributed by atoms with Crippen LogP contribution < -0.4 is 5.32 Å². The number of hydrogen-bond donors (Lipinski definition) is 1. The highest BCUT2D eigenvalue weighted by atomic mass is 79.9. The first kappa shape index (κ1) is 21.7. The Balaban J connectivity index is 2.25. The van der Waals surface area contributed by atoms with Crippen LogP contribution in [0.5, 0.6) is 0 Å². The highest BCUT2D eigenvalue weighted by Gasteiger charge is 2.26. The smallest absolute Gasteiger partial charge is 0.242 e. The molecule has 1 N–H and O–H groups in total. The van der Waals surface area contributed by atoms with Crippen molar-refractivity contribution in [2.75, 3.05) is 6.54 Å². The number of carbonyl (C=O) groups excluding carboxylic acids is 2. The van der Waals surface area contributed by atoms with E-state index in [1.807, 2.05) is 31.2 Å². The molecule has 2 aromatic rings. The fourth-order valence-electron chi connectivity index (χ4n) is 2.66. The van der Waals surface area contributed by atoms with Gasteiger partial charge in [0, 0.05) is 17.6 Å². The summed E-state index contributed by atoms with van der Waals surface area (Å²) < 4.78 is 0.919. The second kappa shape index (κ2) is 10.1. The van der Waals surface area contributed by atoms with E-state index in [0.717, 1.165) is 15.6 Å². The predicted octanol–water partition coefficient (Wildman–Crippen LogP) is 4.85. The standard InChI is InChI=1S/C20H21BrCl2N2O2/c1-3-24-20(27)13(2)25(12-15-5-4-6-16(21)9-15)19(26)11-14-7-8-17(22)18(23)10-14/h4-10,13H,3,11-12H2,1-2H3,(H,24,27)/t13-/m0/s1. The zero-order valence-electron chi connectivity index (χ0n) is 15.1. The minimum absolute atomic E-state index is 0.134. The van der Waals surface area contributed by atoms with E-state index in [0.29, 0.717) is 23.1 Å². The Labute approximate surface area is 178 Å². The fraction of sp³-hybridized carbons (Fsp3) is 0.300. The summed E-state index contributed by atoms with van der Waals surface area (Å²) in [6, 6.07) is 12.2. The van der Waals surface area contributed by atoms with Crippen molar-refractivity contribution in [2.24, 2.45) is 0 Å². The van der Waals surface area contributed by atoms with Gasteiger partial charge in [0.05, 0.1) is 16.5 Å². The maximum atomic E-state index is 13.0. The minimum Gasteiger partial charge on any atom is -0.355 e. The molecular formula is C20H21BrCl2N2O2. The summed E-state index contributed by atoms with van der Waals surface area (Å²) in [6.45, 7) is 4.42. The third-order valence-electron chi connectivity index (χ3n) is 4.10. The van der Waals surface area contributed by atoms with Crippen LogP contribution in [0.25, 0.3) is 0 Å². The molecule has 0 spiro atoms. The zero-order chi connectivity index (χ0) is 20.0. The normalized spacial score (nSPS) is 11.7. The van der Waals surface area contributed by atoms with Crippen molar-refractivity contribution >= 4 is 50.9 Å². The Bertz CT molecular complexity index is 829. The van der Waals surface area contributed by atoms with Crippen LogP contribution in [-0.2, 0) is 22.6 Å². The number of amides is 2. The van der Waals surface area contributed by atoms with Crippen molar-refractivity contribution in [2.45, 2.75) is 32.9 Å². The molecule has 0 saturated carbocycles. The van der Waals surface area contributed by atoms with E-state index < -0.39 is 6.04 Å². The van der Waals surface area contributed by atoms with E-state index in [4.69, 9.17) is 23.2 Å². The predicted molar refractivity (Wildman–Crippen MR) is 113 cm³/mol. The number of nitrogens with one attached hydrogen (secondary N) is 1. The minimum atomic E-state index is -0.598. The third-order valence-corrected chi connectivity index (χ3v) is 5.33. The van der Waals surface area contributed by atoms with Gasteiger partial charge >= 0.3 is 0 Å². The molecular weight excluding hydrogens is 451 g/mol. The highest BCUT2D eigenvalue weighted by molar-refractivity contribution is 9.10. The second-order valence-electron chi connectivity index (χ2n) is 6.15. The number of hydrogen-bond acceptors (Lipinski definition) is 2. The van der Waals surface area contributed by atoms with E-state index in [1.165, 1.54) is 0 Å². The van der Waals surface area contributed by atoms with Crippen LogP contribution in [-0.4, -0.2) is 29.3 Å². The van der Waals surface area contributed by atoms with E-state index in [1.54, 1.807) is 30.0 Å². The van der Waals surface area contributed by atoms with Gasteiger partial charge in [0.2, 0.25) is 11.8 Å². The maximum absolute atomic E-state index is 13.0. The van der Waals surface area contributed by atoms with E-state index >= 15 is 0 Å². The molecule has 27 heavy (non-hydrogen) atoms. The first-order valence-electron chi connectivity index (χ1n) is 8.57. The molecule has 0 radical (unpaired) electrons. The van der Waals surface area contributed by atoms with Crippen LogP contribution in [0.15, 0.2) is 46.9 Å². The summed E-state index contributed by atoms with van der Waals surface area (Å²) in [5, 5.41) is 3.62. The summed E-state index contributed by atoms with van der Waals surface area (Å²) in [5.41, 5.74) is 1.68. The Morgan fingerprint density at radius 3 is 2.48 bits per heavy atom. The molecule has 0 aliphatic rings. The van der Waals surface area contributed by atoms with E-state index in [-0.39, 0.29) is 18.2 Å². The van der Waals surface area contributed by atoms with Crippen LogP contribution in [0.4, 0.5) is 0 Å². The van der Waals surface area contributed by atoms with Crippen molar-refractivity contribution in [3.63, 3.8) is 0 Å². The molecule has 4 nitrogen and oxygen atoms in total. The molecule has 0 aromatic heterocycles. The second-order valence-corrected chi connectivity index (χ2v) is 7.88. The van der Waals surface area contributed by atoms with Gasteiger partial charge in [-0.25, -0.2) is 0 Å². The quantitative estimate of drug-likeness (QED) is 0.627. The fourth-order valence-corrected chi connectivity index (χ4v) is 3.43. The lowest BCUT2D eigenvalue weighted by Crippen LogP contribution is -2.48. The largest absolute Gasteiger partial charge is 0.355 e. The lowest BCUT2D eigenvalue weighted by atomic mass is 10.1. The van der Waals surface area contributed by atoms with Gasteiger partial charge in [-0.05, 0) is 49.2 Å². The van der Waals surface area contributed by atoms with Crippen LogP contribution >= 0.6 is 39.1 Å². The third kappa shape index (κ3) is 6.23. The number of benzene rings is 2. The van der Waals surface area contributed by atoms with Gasteiger partial charge in [-0.2, -0.15) is 0 Å². The molecule has 2 rings (SSSR count). The molecule has 0 aliphatic carbocycles. The molecule has 0 saturated heterocycles. The molecule has 7 heteroatoms. The summed E-state index contributed by atoms with van der Waals surface area (Å²) in [6.07, 6.45) is 0.134. The van der Waals surface area contributed by atoms with Gasteiger partial charge in [-0.15, -0.1) is 0 Å². The average molecular weight is 472 g/mol. The lowest BCUT2D eigenvalue weighted by Gasteiger charge is -2.29. The van der Waals surface area contributed by atoms with Crippen LogP contribution in [0.1, 0.15) is 25.0 Å². The molecule has 0 bridgehead atoms. The van der Waals surface area contributed by atoms with E-state index in [2.05, 4.69) is 21.2 Å². The maximum Gasteiger partial charge on any atom is 0.242 e. The number of rotatable bonds is 7. The molecule has 0 heterocycles. The van der Waals surface area contributed by atoms with E-state index in [9.17, 15) is 9.59 Å². The number of halogens is 3. The Morgan fingerprint density at radius 2 is 1.85 bits per heavy atom. The molecule has 0 unspecified atom stereocenters. The van der Waals surface area contributed by atoms with Gasteiger partial charge in [0.15, 0.2) is 0 Å². The molecule has 0 aliphatic heterocycles. The Hall–Kier alpha value is -1.56. The molecule has 2 aromatic carbocycles. The van der Waals surface area contributed by atoms with Gasteiger partial charge in [0.25, 0.3) is 0 Å². The molecule has 1 atom stereocenters. The number of nitrogens with zero attached hydrogens (tertiary/aromatic N) is 1. The van der Waals surface area contributed by atoms with Gasteiger partial charge in [-0.1, -0.05) is 57.3 Å². The lowest BCUT2D eigenvalue weighted by molar-refractivity contribution is -0.140. The van der Waals surface area contributed by atoms with Crippen molar-refractivity contribution in [1.29, 1.82) is 0 Å². The summed E-state index contributed by atoms with van der Waals surface area (Å²) in [7, 11) is 0. The monoisotopic (exact) mass is 470 g/mol. The SMILES string of the molecule is CCNC(=O)[C@H](C)N(Cc1cccc(Br)c1)C(=O)Cc1ccc(Cl)c(Cl)c1. The summed E-state index contributed by atoms with van der Waals surface area (Å²) >= 11 is 15.4. The van der Waals surface area contributed by atoms with Crippen LogP contribution in [0.3, 0.4) is 0 Å². The number of carbonyl (C=O) groups is 2. The molecule has 2 amide bonds. The molecule has 0 fully saturated rings. The van der Waals surface area contributed by atoms with Crippen molar-refractivity contribution in [3.8, 4) is 0 Å². The highest BCUT2D eigenvalue weighted by Crippen LogP contribution is 2.23. The summed E-state index contributed by atoms with van der Waals surface area (Å²) in [4.78, 5) is 26.9. The number of likely N-dealkylation sites (N-methyl/N-ethyl adjacent to an activating group) is 1. The topological polar surface area (TPSA) is 49.4 Å². The Kier molecular flexibility index (Phi) is 8.14. The van der Waals surface area contributed by atoms with Crippen LogP contribution in [0, 0.1) is 0 Å². The zero-order valence-corrected chi connectivity index (χ0v) is 18.2. The first-order chi connectivity index (χ1) is 12.8. The first-order valence-corrected chi connectivity index (χ1v) is 10.1. The van der Waals surface area contributed by atoms with Gasteiger partial charge in [0.1, 0.15) is 6.04 Å². The summed E-state index contributed by atoms with van der Waals surface area (Å²) in [5.74, 6) is -0.345. The molecule has 144 valence electrons. The van der Waals surface area contributed by atoms with Crippen molar-refractivity contribution < 1.29 is 9.59 Å². The van der Waals surface area contributed by atoms with Gasteiger partial charge in [-0.3, -0.25) is 9.59 Å². The van der Waals surface area contributed by atoms with Crippen molar-refractivity contribution in [1.82, 2.24) is 10.2 Å².